The van der Waals surface area contributed by atoms with Crippen molar-refractivity contribution >= 4 is 0 Å². The van der Waals surface area contributed by atoms with Crippen molar-refractivity contribution in [1.82, 2.24) is 25.5 Å². The number of hydrogen-bond acceptors (Lipinski definition) is 5. The van der Waals surface area contributed by atoms with E-state index in [4.69, 9.17) is 4.74 Å². The third-order valence-corrected chi connectivity index (χ3v) is 3.04. The van der Waals surface area contributed by atoms with Crippen LogP contribution in [0.15, 0.2) is 0 Å². The molecule has 1 aromatic rings. The van der Waals surface area contributed by atoms with Gasteiger partial charge in [-0.15, -0.1) is 10.2 Å². The highest BCUT2D eigenvalue weighted by atomic mass is 16.5. The van der Waals surface area contributed by atoms with Gasteiger partial charge in [0.05, 0.1) is 19.3 Å². The lowest BCUT2D eigenvalue weighted by Crippen LogP contribution is -2.39. The van der Waals surface area contributed by atoms with Crippen LogP contribution >= 0.6 is 0 Å². The summed E-state index contributed by atoms with van der Waals surface area (Å²) in [4.78, 5) is 1.49. The van der Waals surface area contributed by atoms with Gasteiger partial charge in [0.25, 0.3) is 0 Å². The van der Waals surface area contributed by atoms with Crippen LogP contribution in [0.3, 0.4) is 0 Å². The van der Waals surface area contributed by atoms with Crippen LogP contribution in [0.4, 0.5) is 0 Å². The van der Waals surface area contributed by atoms with Crippen molar-refractivity contribution < 1.29 is 4.74 Å². The van der Waals surface area contributed by atoms with Crippen LogP contribution in [0, 0.1) is 0 Å². The Morgan fingerprint density at radius 3 is 2.88 bits per heavy atom. The first-order valence-corrected chi connectivity index (χ1v) is 5.74. The molecule has 3 unspecified atom stereocenters. The van der Waals surface area contributed by atoms with Gasteiger partial charge in [0, 0.05) is 12.5 Å². The van der Waals surface area contributed by atoms with Crippen molar-refractivity contribution in [1.29, 1.82) is 0 Å². The smallest absolute Gasteiger partial charge is 0.176 e. The first kappa shape index (κ1) is 11.5. The van der Waals surface area contributed by atoms with Crippen molar-refractivity contribution in [2.45, 2.75) is 44.4 Å². The van der Waals surface area contributed by atoms with Gasteiger partial charge >= 0.3 is 0 Å². The van der Waals surface area contributed by atoms with Crippen LogP contribution < -0.4 is 5.32 Å². The fourth-order valence-corrected chi connectivity index (χ4v) is 2.15. The number of likely N-dealkylation sites (N-methyl/N-ethyl adjacent to an activating group) is 1. The van der Waals surface area contributed by atoms with E-state index in [0.717, 1.165) is 25.1 Å². The molecule has 1 fully saturated rings. The molecule has 0 amide bonds. The van der Waals surface area contributed by atoms with Gasteiger partial charge in [-0.2, -0.15) is 4.80 Å². The minimum absolute atomic E-state index is 0.267. The molecule has 3 atom stereocenters. The van der Waals surface area contributed by atoms with E-state index in [1.807, 2.05) is 7.05 Å². The van der Waals surface area contributed by atoms with Crippen LogP contribution in [0.25, 0.3) is 0 Å². The minimum atomic E-state index is 0.267. The zero-order chi connectivity index (χ0) is 11.5. The van der Waals surface area contributed by atoms with E-state index in [0.29, 0.717) is 6.10 Å². The van der Waals surface area contributed by atoms with Gasteiger partial charge < -0.3 is 10.1 Å². The van der Waals surface area contributed by atoms with Crippen molar-refractivity contribution in [2.75, 3.05) is 7.05 Å². The number of nitrogens with one attached hydrogen (secondary N) is 1. The SMILES string of the molecule is CNC(Cc1nnn(C)n1)C1CCC(C)O1. The number of ether oxygens (including phenoxy) is 1. The predicted octanol–water partition coefficient (Wildman–Crippen LogP) is -0.0919. The molecule has 0 aromatic carbocycles. The Kier molecular flexibility index (Phi) is 3.50. The molecule has 16 heavy (non-hydrogen) atoms. The molecule has 0 aliphatic carbocycles. The topological polar surface area (TPSA) is 64.9 Å². The number of nitrogens with zero attached hydrogens (tertiary/aromatic N) is 4. The Bertz CT molecular complexity index is 340. The van der Waals surface area contributed by atoms with Crippen molar-refractivity contribution in [3.8, 4) is 0 Å². The summed E-state index contributed by atoms with van der Waals surface area (Å²) in [5, 5.41) is 15.3. The zero-order valence-electron chi connectivity index (χ0n) is 10.1. The molecular formula is C10H19N5O. The molecule has 2 heterocycles. The molecule has 1 saturated heterocycles. The first-order chi connectivity index (χ1) is 7.69. The van der Waals surface area contributed by atoms with E-state index in [1.54, 1.807) is 7.05 Å². The molecule has 1 N–H and O–H groups in total. The molecule has 1 aliphatic rings. The maximum atomic E-state index is 5.85. The summed E-state index contributed by atoms with van der Waals surface area (Å²) in [6.07, 6.45) is 3.64. The Hall–Kier alpha value is -1.01. The molecule has 6 heteroatoms. The monoisotopic (exact) mass is 225 g/mol. The normalized spacial score (nSPS) is 27.2. The number of rotatable bonds is 4. The quantitative estimate of drug-likeness (QED) is 0.775. The number of aryl methyl sites for hydroxylation is 1. The first-order valence-electron chi connectivity index (χ1n) is 5.74. The van der Waals surface area contributed by atoms with E-state index in [1.165, 1.54) is 4.80 Å². The fourth-order valence-electron chi connectivity index (χ4n) is 2.15. The largest absolute Gasteiger partial charge is 0.374 e. The van der Waals surface area contributed by atoms with Crippen LogP contribution in [0.1, 0.15) is 25.6 Å². The molecular weight excluding hydrogens is 206 g/mol. The molecule has 0 saturated carbocycles. The summed E-state index contributed by atoms with van der Waals surface area (Å²) < 4.78 is 5.85. The van der Waals surface area contributed by atoms with Gasteiger partial charge in [0.2, 0.25) is 0 Å². The molecule has 0 spiro atoms. The van der Waals surface area contributed by atoms with Crippen LogP contribution in [0.2, 0.25) is 0 Å². The Morgan fingerprint density at radius 1 is 1.56 bits per heavy atom. The Balaban J connectivity index is 1.95. The zero-order valence-corrected chi connectivity index (χ0v) is 10.1. The highest BCUT2D eigenvalue weighted by Gasteiger charge is 2.29. The van der Waals surface area contributed by atoms with Gasteiger partial charge in [0.15, 0.2) is 5.82 Å². The van der Waals surface area contributed by atoms with Gasteiger partial charge in [-0.1, -0.05) is 0 Å². The Labute approximate surface area is 95.4 Å². The number of aromatic nitrogens is 4. The maximum Gasteiger partial charge on any atom is 0.176 e. The van der Waals surface area contributed by atoms with Gasteiger partial charge in [-0.25, -0.2) is 0 Å². The average molecular weight is 225 g/mol. The van der Waals surface area contributed by atoms with Crippen molar-refractivity contribution in [3.63, 3.8) is 0 Å². The standard InChI is InChI=1S/C10H19N5O/c1-7-4-5-9(16-7)8(11-2)6-10-12-14-15(3)13-10/h7-9,11H,4-6H2,1-3H3. The molecule has 90 valence electrons. The van der Waals surface area contributed by atoms with E-state index in [-0.39, 0.29) is 12.1 Å². The Morgan fingerprint density at radius 2 is 2.38 bits per heavy atom. The van der Waals surface area contributed by atoms with Crippen molar-refractivity contribution in [2.24, 2.45) is 7.05 Å². The summed E-state index contributed by atoms with van der Waals surface area (Å²) >= 11 is 0. The summed E-state index contributed by atoms with van der Waals surface area (Å²) in [5.41, 5.74) is 0. The molecule has 1 aromatic heterocycles. The van der Waals surface area contributed by atoms with E-state index >= 15 is 0 Å². The lowest BCUT2D eigenvalue weighted by molar-refractivity contribution is 0.0333. The summed E-state index contributed by atoms with van der Waals surface area (Å²) in [6.45, 7) is 2.12. The predicted molar refractivity (Wildman–Crippen MR) is 58.9 cm³/mol. The highest BCUT2D eigenvalue weighted by Crippen LogP contribution is 2.22. The van der Waals surface area contributed by atoms with Crippen LogP contribution in [-0.4, -0.2) is 45.5 Å². The summed E-state index contributed by atoms with van der Waals surface area (Å²) in [7, 11) is 3.73. The summed E-state index contributed by atoms with van der Waals surface area (Å²) in [5.74, 6) is 0.769. The van der Waals surface area contributed by atoms with E-state index in [9.17, 15) is 0 Å². The van der Waals surface area contributed by atoms with Gasteiger partial charge in [-0.3, -0.25) is 0 Å². The molecule has 2 rings (SSSR count). The van der Waals surface area contributed by atoms with Crippen molar-refractivity contribution in [3.05, 3.63) is 5.82 Å². The fraction of sp³-hybridized carbons (Fsp3) is 0.900. The van der Waals surface area contributed by atoms with E-state index in [2.05, 4.69) is 27.7 Å². The third-order valence-electron chi connectivity index (χ3n) is 3.04. The van der Waals surface area contributed by atoms with Crippen LogP contribution in [0.5, 0.6) is 0 Å². The molecule has 6 nitrogen and oxygen atoms in total. The highest BCUT2D eigenvalue weighted by molar-refractivity contribution is 4.90. The lowest BCUT2D eigenvalue weighted by Gasteiger charge is -2.21. The molecule has 0 radical (unpaired) electrons. The number of hydrogen-bond donors (Lipinski definition) is 1. The second-order valence-electron chi connectivity index (χ2n) is 4.36. The minimum Gasteiger partial charge on any atom is -0.374 e. The van der Waals surface area contributed by atoms with Gasteiger partial charge in [0.1, 0.15) is 0 Å². The second-order valence-corrected chi connectivity index (χ2v) is 4.36. The lowest BCUT2D eigenvalue weighted by atomic mass is 10.0. The van der Waals surface area contributed by atoms with E-state index < -0.39 is 0 Å². The summed E-state index contributed by atoms with van der Waals surface area (Å²) in [6, 6.07) is 0.272. The molecule has 0 bridgehead atoms. The molecule has 1 aliphatic heterocycles. The number of tetrazole rings is 1. The second kappa shape index (κ2) is 4.88. The maximum absolute atomic E-state index is 5.85. The van der Waals surface area contributed by atoms with Gasteiger partial charge in [-0.05, 0) is 32.0 Å². The average Bonchev–Trinajstić information content (AvgIpc) is 2.84. The third kappa shape index (κ3) is 2.56. The van der Waals surface area contributed by atoms with Crippen LogP contribution in [-0.2, 0) is 18.2 Å².